The molecule has 2 heterocycles. The van der Waals surface area contributed by atoms with E-state index in [-0.39, 0.29) is 30.2 Å². The number of carbonyl (C=O) groups is 2. The lowest BCUT2D eigenvalue weighted by atomic mass is 10.2. The van der Waals surface area contributed by atoms with Crippen molar-refractivity contribution in [1.29, 1.82) is 0 Å². The van der Waals surface area contributed by atoms with Crippen LogP contribution in [0.2, 0.25) is 0 Å². The fourth-order valence-corrected chi connectivity index (χ4v) is 4.12. The van der Waals surface area contributed by atoms with Crippen LogP contribution in [0.5, 0.6) is 11.5 Å². The number of esters is 1. The van der Waals surface area contributed by atoms with Crippen molar-refractivity contribution >= 4 is 39.1 Å². The number of amides is 1. The summed E-state index contributed by atoms with van der Waals surface area (Å²) in [5, 5.41) is 11.1. The Bertz CT molecular complexity index is 1250. The number of nitro groups is 1. The molecule has 4 rings (SSSR count). The van der Waals surface area contributed by atoms with E-state index in [1.165, 1.54) is 22.8 Å². The highest BCUT2D eigenvalue weighted by atomic mass is 32.1. The van der Waals surface area contributed by atoms with Crippen molar-refractivity contribution in [3.05, 3.63) is 57.4 Å². The second-order valence-electron chi connectivity index (χ2n) is 6.50. The van der Waals surface area contributed by atoms with Gasteiger partial charge in [-0.25, -0.2) is 0 Å². The lowest BCUT2D eigenvalue weighted by molar-refractivity contribution is -0.384. The number of non-ortho nitro benzene ring substituents is 1. The zero-order chi connectivity index (χ0) is 22.0. The Balaban J connectivity index is 1.72. The first-order valence-electron chi connectivity index (χ1n) is 9.36. The van der Waals surface area contributed by atoms with Gasteiger partial charge in [-0.05, 0) is 25.1 Å². The van der Waals surface area contributed by atoms with Crippen molar-refractivity contribution in [3.63, 3.8) is 0 Å². The standard InChI is InChI=1S/C20H17N3O7S/c1-2-28-18(24)10-22-13-8-7-12(23(26)27)9-17(13)31-20(22)21-19(25)16-11-29-14-5-3-4-6-15(14)30-16/h3-9,16H,2,10-11H2,1H3. The lowest BCUT2D eigenvalue weighted by Gasteiger charge is -2.23. The van der Waals surface area contributed by atoms with Crippen LogP contribution >= 0.6 is 11.3 Å². The SMILES string of the molecule is CCOC(=O)Cn1c(=NC(=O)C2COc3ccccc3O2)sc2cc([N+](=O)[O-])ccc21. The summed E-state index contributed by atoms with van der Waals surface area (Å²) in [6.45, 7) is 1.69. The number of benzene rings is 2. The zero-order valence-electron chi connectivity index (χ0n) is 16.3. The van der Waals surface area contributed by atoms with Crippen LogP contribution < -0.4 is 14.3 Å². The third-order valence-corrected chi connectivity index (χ3v) is 5.50. The molecular weight excluding hydrogens is 426 g/mol. The van der Waals surface area contributed by atoms with E-state index in [9.17, 15) is 19.7 Å². The van der Waals surface area contributed by atoms with Gasteiger partial charge in [0.05, 0.1) is 21.7 Å². The Morgan fingerprint density at radius 2 is 2.06 bits per heavy atom. The topological polar surface area (TPSA) is 122 Å². The maximum Gasteiger partial charge on any atom is 0.326 e. The molecule has 0 N–H and O–H groups in total. The molecule has 11 heteroatoms. The van der Waals surface area contributed by atoms with Crippen LogP contribution in [-0.2, 0) is 20.9 Å². The third-order valence-electron chi connectivity index (χ3n) is 4.46. The van der Waals surface area contributed by atoms with Gasteiger partial charge < -0.3 is 18.8 Å². The smallest absolute Gasteiger partial charge is 0.326 e. The first-order chi connectivity index (χ1) is 15.0. The summed E-state index contributed by atoms with van der Waals surface area (Å²) >= 11 is 1.06. The molecule has 0 radical (unpaired) electrons. The second kappa shape index (κ2) is 8.56. The highest BCUT2D eigenvalue weighted by molar-refractivity contribution is 7.16. The van der Waals surface area contributed by atoms with Crippen LogP contribution in [0.4, 0.5) is 5.69 Å². The van der Waals surface area contributed by atoms with Crippen LogP contribution in [0.3, 0.4) is 0 Å². The number of nitrogens with zero attached hydrogens (tertiary/aromatic N) is 3. The maximum atomic E-state index is 12.8. The first kappa shape index (κ1) is 20.5. The molecule has 0 bridgehead atoms. The van der Waals surface area contributed by atoms with Crippen molar-refractivity contribution in [2.45, 2.75) is 19.6 Å². The minimum Gasteiger partial charge on any atom is -0.485 e. The van der Waals surface area contributed by atoms with Crippen LogP contribution in [0.25, 0.3) is 10.2 Å². The Hall–Kier alpha value is -3.73. The predicted molar refractivity (Wildman–Crippen MR) is 110 cm³/mol. The highest BCUT2D eigenvalue weighted by Crippen LogP contribution is 2.31. The molecule has 160 valence electrons. The molecular formula is C20H17N3O7S. The molecule has 1 aliphatic heterocycles. The summed E-state index contributed by atoms with van der Waals surface area (Å²) in [5.74, 6) is -0.124. The first-order valence-corrected chi connectivity index (χ1v) is 10.2. The highest BCUT2D eigenvalue weighted by Gasteiger charge is 2.27. The van der Waals surface area contributed by atoms with Crippen molar-refractivity contribution in [2.75, 3.05) is 13.2 Å². The quantitative estimate of drug-likeness (QED) is 0.337. The minimum absolute atomic E-state index is 0.00636. The Morgan fingerprint density at radius 3 is 2.81 bits per heavy atom. The molecule has 0 spiro atoms. The number of fused-ring (bicyclic) bond motifs is 2. The second-order valence-corrected chi connectivity index (χ2v) is 7.51. The monoisotopic (exact) mass is 443 g/mol. The summed E-state index contributed by atoms with van der Waals surface area (Å²) in [6.07, 6.45) is -0.953. The molecule has 1 atom stereocenters. The number of thiazole rings is 1. The average molecular weight is 443 g/mol. The summed E-state index contributed by atoms with van der Waals surface area (Å²) in [6, 6.07) is 11.2. The molecule has 2 aromatic carbocycles. The number of carbonyl (C=O) groups excluding carboxylic acids is 2. The summed E-state index contributed by atoms with van der Waals surface area (Å²) in [5.41, 5.74) is 0.428. The normalized spacial score (nSPS) is 15.6. The van der Waals surface area contributed by atoms with Gasteiger partial charge in [-0.2, -0.15) is 4.99 Å². The van der Waals surface area contributed by atoms with Crippen LogP contribution in [0.15, 0.2) is 47.5 Å². The molecule has 0 saturated heterocycles. The van der Waals surface area contributed by atoms with Crippen molar-refractivity contribution in [1.82, 2.24) is 4.57 Å². The fraction of sp³-hybridized carbons (Fsp3) is 0.250. The van der Waals surface area contributed by atoms with Gasteiger partial charge >= 0.3 is 5.97 Å². The molecule has 0 aliphatic carbocycles. The van der Waals surface area contributed by atoms with Gasteiger partial charge in [-0.15, -0.1) is 0 Å². The van der Waals surface area contributed by atoms with Gasteiger partial charge in [0.25, 0.3) is 11.6 Å². The molecule has 31 heavy (non-hydrogen) atoms. The molecule has 3 aromatic rings. The number of para-hydroxylation sites is 2. The number of nitro benzene ring substituents is 1. The van der Waals surface area contributed by atoms with E-state index in [4.69, 9.17) is 14.2 Å². The molecule has 0 fully saturated rings. The van der Waals surface area contributed by atoms with Gasteiger partial charge in [0, 0.05) is 12.1 Å². The minimum atomic E-state index is -0.953. The number of rotatable bonds is 5. The number of ether oxygens (including phenoxy) is 3. The van der Waals surface area contributed by atoms with E-state index in [1.807, 2.05) is 0 Å². The molecule has 1 unspecified atom stereocenters. The number of hydrogen-bond acceptors (Lipinski definition) is 8. The van der Waals surface area contributed by atoms with Crippen LogP contribution in [0.1, 0.15) is 6.92 Å². The molecule has 1 amide bonds. The van der Waals surface area contributed by atoms with E-state index < -0.39 is 22.9 Å². The largest absolute Gasteiger partial charge is 0.485 e. The number of aromatic nitrogens is 1. The molecule has 10 nitrogen and oxygen atoms in total. The summed E-state index contributed by atoms with van der Waals surface area (Å²) in [4.78, 5) is 39.8. The van der Waals surface area contributed by atoms with E-state index >= 15 is 0 Å². The maximum absolute atomic E-state index is 12.8. The van der Waals surface area contributed by atoms with Gasteiger partial charge in [0.1, 0.15) is 13.2 Å². The third kappa shape index (κ3) is 4.26. The summed E-state index contributed by atoms with van der Waals surface area (Å²) < 4.78 is 18.3. The van der Waals surface area contributed by atoms with Crippen molar-refractivity contribution < 1.29 is 28.7 Å². The Labute approximate surface area is 179 Å². The van der Waals surface area contributed by atoms with E-state index in [1.54, 1.807) is 31.2 Å². The van der Waals surface area contributed by atoms with Gasteiger partial charge in [0.15, 0.2) is 16.3 Å². The zero-order valence-corrected chi connectivity index (χ0v) is 17.2. The summed E-state index contributed by atoms with van der Waals surface area (Å²) in [7, 11) is 0. The fourth-order valence-electron chi connectivity index (χ4n) is 3.06. The molecule has 1 aliphatic rings. The van der Waals surface area contributed by atoms with E-state index in [0.717, 1.165) is 11.3 Å². The Morgan fingerprint density at radius 1 is 1.29 bits per heavy atom. The molecule has 0 saturated carbocycles. The van der Waals surface area contributed by atoms with Gasteiger partial charge in [-0.3, -0.25) is 19.7 Å². The van der Waals surface area contributed by atoms with E-state index in [0.29, 0.717) is 21.7 Å². The molecule has 1 aromatic heterocycles. The van der Waals surface area contributed by atoms with E-state index in [2.05, 4.69) is 4.99 Å². The van der Waals surface area contributed by atoms with Crippen LogP contribution in [-0.4, -0.2) is 40.7 Å². The average Bonchev–Trinajstić information content (AvgIpc) is 3.09. The van der Waals surface area contributed by atoms with Crippen molar-refractivity contribution in [3.8, 4) is 11.5 Å². The predicted octanol–water partition coefficient (Wildman–Crippen LogP) is 2.44. The van der Waals surface area contributed by atoms with Crippen molar-refractivity contribution in [2.24, 2.45) is 4.99 Å². The van der Waals surface area contributed by atoms with Crippen LogP contribution in [0, 0.1) is 10.1 Å². The van der Waals surface area contributed by atoms with Gasteiger partial charge in [0.2, 0.25) is 6.10 Å². The Kier molecular flexibility index (Phi) is 5.67. The van der Waals surface area contributed by atoms with Gasteiger partial charge in [-0.1, -0.05) is 23.5 Å². The lowest BCUT2D eigenvalue weighted by Crippen LogP contribution is -2.37. The number of hydrogen-bond donors (Lipinski definition) is 0.